The van der Waals surface area contributed by atoms with Gasteiger partial charge in [-0.05, 0) is 48.7 Å². The van der Waals surface area contributed by atoms with Gasteiger partial charge in [0, 0.05) is 16.6 Å². The fraction of sp³-hybridized carbons (Fsp3) is 0.233. The van der Waals surface area contributed by atoms with Gasteiger partial charge in [-0.3, -0.25) is 14.4 Å². The number of carbonyl (C=O) groups is 3. The molecule has 9 heteroatoms. The quantitative estimate of drug-likeness (QED) is 0.218. The van der Waals surface area contributed by atoms with Gasteiger partial charge in [0.05, 0.1) is 31.7 Å². The smallest absolute Gasteiger partial charge is 0.307 e. The van der Waals surface area contributed by atoms with Crippen LogP contribution in [0.1, 0.15) is 23.7 Å². The zero-order valence-corrected chi connectivity index (χ0v) is 22.4. The van der Waals surface area contributed by atoms with Crippen molar-refractivity contribution in [3.63, 3.8) is 0 Å². The van der Waals surface area contributed by atoms with E-state index in [0.29, 0.717) is 35.7 Å². The van der Waals surface area contributed by atoms with Crippen LogP contribution in [0.5, 0.6) is 11.5 Å². The predicted molar refractivity (Wildman–Crippen MR) is 151 cm³/mol. The molecule has 202 valence electrons. The summed E-state index contributed by atoms with van der Waals surface area (Å²) < 4.78 is 10.7. The van der Waals surface area contributed by atoms with Crippen molar-refractivity contribution in [2.75, 3.05) is 24.9 Å². The van der Waals surface area contributed by atoms with Crippen molar-refractivity contribution in [2.45, 2.75) is 23.0 Å². The molecule has 0 fully saturated rings. The molecule has 0 heterocycles. The van der Waals surface area contributed by atoms with Crippen LogP contribution in [0.3, 0.4) is 0 Å². The Bertz CT molecular complexity index is 1360. The molecule has 0 aromatic heterocycles. The second-order valence-corrected chi connectivity index (χ2v) is 10.2. The first-order chi connectivity index (χ1) is 18.9. The summed E-state index contributed by atoms with van der Waals surface area (Å²) in [6, 6.07) is 21.8. The Balaban J connectivity index is 1.54. The van der Waals surface area contributed by atoms with Crippen molar-refractivity contribution in [2.24, 2.45) is 11.8 Å². The highest BCUT2D eigenvalue weighted by molar-refractivity contribution is 8.00. The molecule has 0 saturated carbocycles. The van der Waals surface area contributed by atoms with Gasteiger partial charge in [-0.1, -0.05) is 48.6 Å². The van der Waals surface area contributed by atoms with Gasteiger partial charge in [0.1, 0.15) is 16.7 Å². The number of allylic oxidation sites excluding steroid dienone is 2. The molecule has 1 aliphatic rings. The highest BCUT2D eigenvalue weighted by atomic mass is 32.2. The third-order valence-corrected chi connectivity index (χ3v) is 7.70. The first kappa shape index (κ1) is 27.8. The van der Waals surface area contributed by atoms with E-state index in [1.807, 2.05) is 42.5 Å². The molecule has 2 amide bonds. The van der Waals surface area contributed by atoms with Crippen LogP contribution in [0.15, 0.2) is 89.8 Å². The Morgan fingerprint density at radius 1 is 0.872 bits per heavy atom. The average Bonchev–Trinajstić information content (AvgIpc) is 2.96. The maximum absolute atomic E-state index is 13.6. The first-order valence-corrected chi connectivity index (χ1v) is 13.3. The normalized spacial score (nSPS) is 17.1. The number of methoxy groups -OCH3 is 2. The number of aliphatic carboxylic acids is 1. The standard InChI is InChI=1S/C30H30N2O6S/c1-37-21-15-16-25(26(18-21)38-2)32-29(34)27(19-9-4-3-5-10-19)39-22-12-8-11-20(17-22)31-28(33)23-13-6-7-14-24(23)30(35)36/h3-12,15-18,23-24,27H,13-14H2,1-2H3,(H,31,33)(H,32,34)(H,35,36). The Kier molecular flexibility index (Phi) is 9.27. The molecule has 1 aliphatic carbocycles. The van der Waals surface area contributed by atoms with Crippen molar-refractivity contribution in [3.05, 3.63) is 90.5 Å². The number of benzene rings is 3. The van der Waals surface area contributed by atoms with Gasteiger partial charge in [0.25, 0.3) is 0 Å². The van der Waals surface area contributed by atoms with Crippen LogP contribution in [0.4, 0.5) is 11.4 Å². The van der Waals surface area contributed by atoms with Crippen molar-refractivity contribution >= 4 is 40.9 Å². The topological polar surface area (TPSA) is 114 Å². The van der Waals surface area contributed by atoms with E-state index in [2.05, 4.69) is 10.6 Å². The summed E-state index contributed by atoms with van der Waals surface area (Å²) in [5, 5.41) is 14.7. The number of amides is 2. The van der Waals surface area contributed by atoms with E-state index >= 15 is 0 Å². The van der Waals surface area contributed by atoms with Crippen molar-refractivity contribution in [3.8, 4) is 11.5 Å². The lowest BCUT2D eigenvalue weighted by molar-refractivity contribution is -0.146. The number of anilines is 2. The van der Waals surface area contributed by atoms with Gasteiger partial charge >= 0.3 is 5.97 Å². The summed E-state index contributed by atoms with van der Waals surface area (Å²) in [5.41, 5.74) is 1.85. The number of ether oxygens (including phenoxy) is 2. The van der Waals surface area contributed by atoms with Gasteiger partial charge in [-0.2, -0.15) is 0 Å². The molecule has 3 aromatic rings. The molecule has 0 saturated heterocycles. The minimum Gasteiger partial charge on any atom is -0.497 e. The summed E-state index contributed by atoms with van der Waals surface area (Å²) >= 11 is 1.34. The van der Waals surface area contributed by atoms with Crippen LogP contribution in [0.2, 0.25) is 0 Å². The number of carboxylic acids is 1. The van der Waals surface area contributed by atoms with Crippen molar-refractivity contribution in [1.29, 1.82) is 0 Å². The van der Waals surface area contributed by atoms with Crippen LogP contribution in [-0.2, 0) is 14.4 Å². The van der Waals surface area contributed by atoms with E-state index < -0.39 is 23.1 Å². The summed E-state index contributed by atoms with van der Waals surface area (Å²) in [6.45, 7) is 0. The number of thioether (sulfide) groups is 1. The molecule has 0 radical (unpaired) electrons. The van der Waals surface area contributed by atoms with E-state index in [0.717, 1.165) is 10.5 Å². The molecule has 3 N–H and O–H groups in total. The van der Waals surface area contributed by atoms with Gasteiger partial charge in [0.15, 0.2) is 0 Å². The molecular weight excluding hydrogens is 516 g/mol. The van der Waals surface area contributed by atoms with Gasteiger partial charge in [0.2, 0.25) is 11.8 Å². The first-order valence-electron chi connectivity index (χ1n) is 12.4. The second kappa shape index (κ2) is 13.0. The van der Waals surface area contributed by atoms with Crippen LogP contribution in [-0.4, -0.2) is 37.1 Å². The molecule has 0 spiro atoms. The molecule has 3 aromatic carbocycles. The Morgan fingerprint density at radius 3 is 2.31 bits per heavy atom. The third kappa shape index (κ3) is 7.00. The van der Waals surface area contributed by atoms with E-state index in [4.69, 9.17) is 9.47 Å². The number of carbonyl (C=O) groups excluding carboxylic acids is 2. The van der Waals surface area contributed by atoms with Crippen LogP contribution >= 0.6 is 11.8 Å². The zero-order chi connectivity index (χ0) is 27.8. The zero-order valence-electron chi connectivity index (χ0n) is 21.6. The van der Waals surface area contributed by atoms with Crippen LogP contribution in [0.25, 0.3) is 0 Å². The highest BCUT2D eigenvalue weighted by Gasteiger charge is 2.34. The van der Waals surface area contributed by atoms with Gasteiger partial charge in [-0.15, -0.1) is 11.8 Å². The molecule has 39 heavy (non-hydrogen) atoms. The van der Waals surface area contributed by atoms with E-state index in [-0.39, 0.29) is 11.8 Å². The maximum atomic E-state index is 13.6. The Morgan fingerprint density at radius 2 is 1.62 bits per heavy atom. The SMILES string of the molecule is COc1ccc(NC(=O)C(Sc2cccc(NC(=O)C3CC=CCC3C(=O)O)c2)c2ccccc2)c(OC)c1. The fourth-order valence-corrected chi connectivity index (χ4v) is 5.48. The largest absolute Gasteiger partial charge is 0.497 e. The second-order valence-electron chi connectivity index (χ2n) is 8.98. The fourth-order valence-electron chi connectivity index (χ4n) is 4.40. The summed E-state index contributed by atoms with van der Waals surface area (Å²) in [4.78, 5) is 38.9. The van der Waals surface area contributed by atoms with Crippen molar-refractivity contribution in [1.82, 2.24) is 0 Å². The minimum atomic E-state index is -0.978. The Labute approximate surface area is 231 Å². The maximum Gasteiger partial charge on any atom is 0.307 e. The molecule has 4 rings (SSSR count). The highest BCUT2D eigenvalue weighted by Crippen LogP contribution is 2.39. The summed E-state index contributed by atoms with van der Waals surface area (Å²) in [6.07, 6.45) is 4.35. The average molecular weight is 547 g/mol. The van der Waals surface area contributed by atoms with Crippen LogP contribution in [0, 0.1) is 11.8 Å². The van der Waals surface area contributed by atoms with Gasteiger partial charge < -0.3 is 25.2 Å². The van der Waals surface area contributed by atoms with Crippen molar-refractivity contribution < 1.29 is 29.0 Å². The van der Waals surface area contributed by atoms with E-state index in [1.54, 1.807) is 49.6 Å². The lowest BCUT2D eigenvalue weighted by Crippen LogP contribution is -2.34. The molecule has 8 nitrogen and oxygen atoms in total. The number of carboxylic acid groups (broad SMARTS) is 1. The molecule has 3 atom stereocenters. The number of nitrogens with one attached hydrogen (secondary N) is 2. The lowest BCUT2D eigenvalue weighted by atomic mass is 9.82. The summed E-state index contributed by atoms with van der Waals surface area (Å²) in [7, 11) is 3.08. The lowest BCUT2D eigenvalue weighted by Gasteiger charge is -2.24. The molecule has 3 unspecified atom stereocenters. The molecular formula is C30H30N2O6S. The predicted octanol–water partition coefficient (Wildman–Crippen LogP) is 5.78. The van der Waals surface area contributed by atoms with Gasteiger partial charge in [-0.25, -0.2) is 0 Å². The number of rotatable bonds is 10. The molecule has 0 aliphatic heterocycles. The van der Waals surface area contributed by atoms with E-state index in [9.17, 15) is 19.5 Å². The summed E-state index contributed by atoms with van der Waals surface area (Å²) in [5.74, 6) is -1.88. The number of hydrogen-bond donors (Lipinski definition) is 3. The van der Waals surface area contributed by atoms with E-state index in [1.165, 1.54) is 18.9 Å². The monoisotopic (exact) mass is 546 g/mol. The third-order valence-electron chi connectivity index (χ3n) is 6.45. The van der Waals surface area contributed by atoms with Crippen LogP contribution < -0.4 is 20.1 Å². The Hall–Kier alpha value is -4.24. The number of hydrogen-bond acceptors (Lipinski definition) is 6. The molecule has 0 bridgehead atoms. The minimum absolute atomic E-state index is 0.248.